The Bertz CT molecular complexity index is 829. The molecule has 7 nitrogen and oxygen atoms in total. The molecule has 0 unspecified atom stereocenters. The van der Waals surface area contributed by atoms with Gasteiger partial charge >= 0.3 is 12.1 Å². The van der Waals surface area contributed by atoms with Crippen LogP contribution in [0, 0.1) is 5.41 Å². The molecular weight excluding hydrogens is 365 g/mol. The van der Waals surface area contributed by atoms with E-state index in [0.29, 0.717) is 12.8 Å². The first-order valence-electron chi connectivity index (χ1n) is 8.24. The van der Waals surface area contributed by atoms with Crippen LogP contribution in [0.5, 0.6) is 0 Å². The van der Waals surface area contributed by atoms with Crippen molar-refractivity contribution >= 4 is 11.9 Å². The third-order valence-corrected chi connectivity index (χ3v) is 4.56. The van der Waals surface area contributed by atoms with E-state index < -0.39 is 29.0 Å². The highest BCUT2D eigenvalue weighted by molar-refractivity contribution is 5.92. The summed E-state index contributed by atoms with van der Waals surface area (Å²) in [6.45, 7) is 3.34. The van der Waals surface area contributed by atoms with Gasteiger partial charge in [0.1, 0.15) is 0 Å². The first-order valence-corrected chi connectivity index (χ1v) is 8.24. The average Bonchev–Trinajstić information content (AvgIpc) is 3.12. The summed E-state index contributed by atoms with van der Waals surface area (Å²) < 4.78 is 39.5. The number of aliphatic carboxylic acids is 1. The maximum Gasteiger partial charge on any atom is 0.416 e. The standard InChI is InChI=1S/C17H19F3N4O3/c1-3-16(4-2,15(26)27)10-21-14(25)13-9-24(23-22-13)12-7-5-6-11(8-12)17(18,19)20/h5-9H,3-4,10H2,1-2H3,(H,21,25)(H,26,27). The summed E-state index contributed by atoms with van der Waals surface area (Å²) in [6, 6.07) is 4.44. The molecule has 1 heterocycles. The van der Waals surface area contributed by atoms with Crippen molar-refractivity contribution in [2.45, 2.75) is 32.9 Å². The summed E-state index contributed by atoms with van der Waals surface area (Å²) in [5.74, 6) is -1.67. The van der Waals surface area contributed by atoms with E-state index >= 15 is 0 Å². The minimum absolute atomic E-state index is 0.0927. The molecule has 2 rings (SSSR count). The van der Waals surface area contributed by atoms with Crippen molar-refractivity contribution in [3.8, 4) is 5.69 Å². The number of carbonyl (C=O) groups excluding carboxylic acids is 1. The van der Waals surface area contributed by atoms with Crippen LogP contribution >= 0.6 is 0 Å². The Morgan fingerprint density at radius 1 is 1.22 bits per heavy atom. The number of carboxylic acid groups (broad SMARTS) is 1. The molecule has 0 saturated heterocycles. The smallest absolute Gasteiger partial charge is 0.416 e. The molecule has 0 spiro atoms. The molecule has 0 aliphatic rings. The highest BCUT2D eigenvalue weighted by Gasteiger charge is 2.35. The molecule has 0 fully saturated rings. The van der Waals surface area contributed by atoms with Crippen LogP contribution in [-0.4, -0.2) is 38.5 Å². The second kappa shape index (κ2) is 7.77. The summed E-state index contributed by atoms with van der Waals surface area (Å²) >= 11 is 0. The maximum atomic E-state index is 12.8. The number of alkyl halides is 3. The third kappa shape index (κ3) is 4.44. The Balaban J connectivity index is 2.16. The Kier molecular flexibility index (Phi) is 5.87. The van der Waals surface area contributed by atoms with Crippen molar-refractivity contribution in [2.75, 3.05) is 6.54 Å². The second-order valence-electron chi connectivity index (χ2n) is 6.07. The number of carbonyl (C=O) groups is 2. The molecule has 1 aromatic heterocycles. The number of nitrogens with one attached hydrogen (secondary N) is 1. The summed E-state index contributed by atoms with van der Waals surface area (Å²) in [4.78, 5) is 23.7. The minimum Gasteiger partial charge on any atom is -0.481 e. The summed E-state index contributed by atoms with van der Waals surface area (Å²) in [5, 5.41) is 19.2. The number of aromatic nitrogens is 3. The highest BCUT2D eigenvalue weighted by atomic mass is 19.4. The lowest BCUT2D eigenvalue weighted by atomic mass is 9.82. The van der Waals surface area contributed by atoms with Crippen molar-refractivity contribution in [3.05, 3.63) is 41.7 Å². The van der Waals surface area contributed by atoms with Crippen LogP contribution in [0.4, 0.5) is 13.2 Å². The Hall–Kier alpha value is -2.91. The molecule has 0 atom stereocenters. The highest BCUT2D eigenvalue weighted by Crippen LogP contribution is 2.30. The molecule has 0 bridgehead atoms. The quantitative estimate of drug-likeness (QED) is 0.765. The van der Waals surface area contributed by atoms with E-state index in [1.807, 2.05) is 0 Å². The number of nitrogens with zero attached hydrogens (tertiary/aromatic N) is 3. The van der Waals surface area contributed by atoms with Crippen LogP contribution in [0.3, 0.4) is 0 Å². The SMILES string of the molecule is CCC(CC)(CNC(=O)c1cn(-c2cccc(C(F)(F)F)c2)nn1)C(=O)O. The number of hydrogen-bond acceptors (Lipinski definition) is 4. The topological polar surface area (TPSA) is 97.1 Å². The van der Waals surface area contributed by atoms with Crippen LogP contribution in [0.1, 0.15) is 42.7 Å². The van der Waals surface area contributed by atoms with Gasteiger partial charge in [0, 0.05) is 6.54 Å². The molecule has 27 heavy (non-hydrogen) atoms. The zero-order valence-electron chi connectivity index (χ0n) is 14.7. The molecule has 10 heteroatoms. The van der Waals surface area contributed by atoms with Crippen LogP contribution in [0.25, 0.3) is 5.69 Å². The van der Waals surface area contributed by atoms with Gasteiger partial charge in [0.25, 0.3) is 5.91 Å². The number of rotatable bonds is 7. The fourth-order valence-electron chi connectivity index (χ4n) is 2.54. The number of hydrogen-bond donors (Lipinski definition) is 2. The van der Waals surface area contributed by atoms with Crippen molar-refractivity contribution in [1.82, 2.24) is 20.3 Å². The molecular formula is C17H19F3N4O3. The second-order valence-corrected chi connectivity index (χ2v) is 6.07. The number of halogens is 3. The molecule has 0 aliphatic heterocycles. The molecule has 1 amide bonds. The van der Waals surface area contributed by atoms with Crippen molar-refractivity contribution < 1.29 is 27.9 Å². The molecule has 146 valence electrons. The van der Waals surface area contributed by atoms with E-state index in [2.05, 4.69) is 15.6 Å². The monoisotopic (exact) mass is 384 g/mol. The van der Waals surface area contributed by atoms with Crippen LogP contribution in [-0.2, 0) is 11.0 Å². The van der Waals surface area contributed by atoms with Crippen LogP contribution in [0.2, 0.25) is 0 Å². The first kappa shape index (κ1) is 20.4. The van der Waals surface area contributed by atoms with Gasteiger partial charge in [-0.1, -0.05) is 25.1 Å². The van der Waals surface area contributed by atoms with Gasteiger partial charge in [-0.25, -0.2) is 4.68 Å². The van der Waals surface area contributed by atoms with Gasteiger partial charge in [-0.3, -0.25) is 9.59 Å². The van der Waals surface area contributed by atoms with Gasteiger partial charge in [-0.15, -0.1) is 5.10 Å². The van der Waals surface area contributed by atoms with E-state index in [9.17, 15) is 27.9 Å². The van der Waals surface area contributed by atoms with Gasteiger partial charge < -0.3 is 10.4 Å². The maximum absolute atomic E-state index is 12.8. The molecule has 0 saturated carbocycles. The van der Waals surface area contributed by atoms with Gasteiger partial charge in [0.15, 0.2) is 5.69 Å². The average molecular weight is 384 g/mol. The Labute approximate surface area is 153 Å². The molecule has 1 aromatic carbocycles. The summed E-state index contributed by atoms with van der Waals surface area (Å²) in [5.41, 5.74) is -1.97. The lowest BCUT2D eigenvalue weighted by Crippen LogP contribution is -2.42. The molecule has 2 aromatic rings. The third-order valence-electron chi connectivity index (χ3n) is 4.56. The zero-order chi connectivity index (χ0) is 20.2. The zero-order valence-corrected chi connectivity index (χ0v) is 14.7. The predicted octanol–water partition coefficient (Wildman–Crippen LogP) is 2.91. The Morgan fingerprint density at radius 3 is 2.44 bits per heavy atom. The molecule has 0 aliphatic carbocycles. The van der Waals surface area contributed by atoms with Crippen LogP contribution in [0.15, 0.2) is 30.5 Å². The van der Waals surface area contributed by atoms with Gasteiger partial charge in [0.05, 0.1) is 22.9 Å². The normalized spacial score (nSPS) is 12.0. The van der Waals surface area contributed by atoms with Crippen molar-refractivity contribution in [1.29, 1.82) is 0 Å². The molecule has 2 N–H and O–H groups in total. The first-order chi connectivity index (χ1) is 12.6. The number of benzene rings is 1. The lowest BCUT2D eigenvalue weighted by Gasteiger charge is -2.26. The Morgan fingerprint density at radius 2 is 1.89 bits per heavy atom. The molecule has 0 radical (unpaired) electrons. The van der Waals surface area contributed by atoms with E-state index in [1.54, 1.807) is 13.8 Å². The van der Waals surface area contributed by atoms with E-state index in [0.717, 1.165) is 16.8 Å². The van der Waals surface area contributed by atoms with Gasteiger partial charge in [-0.2, -0.15) is 13.2 Å². The predicted molar refractivity (Wildman–Crippen MR) is 89.3 cm³/mol. The van der Waals surface area contributed by atoms with Crippen molar-refractivity contribution in [3.63, 3.8) is 0 Å². The largest absolute Gasteiger partial charge is 0.481 e. The fourth-order valence-corrected chi connectivity index (χ4v) is 2.54. The van der Waals surface area contributed by atoms with Crippen LogP contribution < -0.4 is 5.32 Å². The summed E-state index contributed by atoms with van der Waals surface area (Å²) in [7, 11) is 0. The number of carboxylic acids is 1. The van der Waals surface area contributed by atoms with Gasteiger partial charge in [-0.05, 0) is 31.0 Å². The fraction of sp³-hybridized carbons (Fsp3) is 0.412. The number of amides is 1. The van der Waals surface area contributed by atoms with E-state index in [-0.39, 0.29) is 17.9 Å². The minimum atomic E-state index is -4.50. The lowest BCUT2D eigenvalue weighted by molar-refractivity contribution is -0.149. The van der Waals surface area contributed by atoms with Gasteiger partial charge in [0.2, 0.25) is 0 Å². The summed E-state index contributed by atoms with van der Waals surface area (Å²) in [6.07, 6.45) is -2.66. The van der Waals surface area contributed by atoms with E-state index in [1.165, 1.54) is 18.3 Å². The van der Waals surface area contributed by atoms with Crippen molar-refractivity contribution in [2.24, 2.45) is 5.41 Å². The van der Waals surface area contributed by atoms with E-state index in [4.69, 9.17) is 0 Å².